The highest BCUT2D eigenvalue weighted by molar-refractivity contribution is 5.88. The number of rotatable bonds is 5. The van der Waals surface area contributed by atoms with Crippen molar-refractivity contribution in [1.29, 1.82) is 0 Å². The van der Waals surface area contributed by atoms with E-state index in [0.717, 1.165) is 25.1 Å². The molecule has 1 heterocycles. The summed E-state index contributed by atoms with van der Waals surface area (Å²) in [4.78, 5) is 24.9. The minimum absolute atomic E-state index is 0.133. The quantitative estimate of drug-likeness (QED) is 0.508. The average molecular weight is 292 g/mol. The molecule has 0 spiro atoms. The van der Waals surface area contributed by atoms with E-state index in [1.807, 2.05) is 0 Å². The molecule has 2 unspecified atom stereocenters. The lowest BCUT2D eigenvalue weighted by atomic mass is 9.85. The second kappa shape index (κ2) is 6.34. The van der Waals surface area contributed by atoms with Crippen molar-refractivity contribution in [3.63, 3.8) is 0 Å². The molecule has 1 aromatic rings. The predicted molar refractivity (Wildman–Crippen MR) is 74.4 cm³/mol. The van der Waals surface area contributed by atoms with Gasteiger partial charge >= 0.3 is 11.7 Å². The van der Waals surface area contributed by atoms with E-state index in [1.165, 1.54) is 0 Å². The van der Waals surface area contributed by atoms with Crippen LogP contribution >= 0.6 is 0 Å². The minimum Gasteiger partial charge on any atom is -0.478 e. The first-order chi connectivity index (χ1) is 9.99. The first-order valence-electron chi connectivity index (χ1n) is 6.64. The summed E-state index contributed by atoms with van der Waals surface area (Å²) in [6.45, 7) is 2.43. The van der Waals surface area contributed by atoms with Gasteiger partial charge in [-0.3, -0.25) is 10.1 Å². The van der Waals surface area contributed by atoms with Crippen molar-refractivity contribution in [3.05, 3.63) is 40.1 Å². The molecule has 7 nitrogen and oxygen atoms in total. The number of carboxylic acid groups (broad SMARTS) is 1. The van der Waals surface area contributed by atoms with Gasteiger partial charge in [0, 0.05) is 12.3 Å². The maximum absolute atomic E-state index is 11.0. The molecule has 7 heteroatoms. The van der Waals surface area contributed by atoms with Crippen LogP contribution in [0.25, 0.3) is 0 Å². The van der Waals surface area contributed by atoms with E-state index < -0.39 is 16.6 Å². The molecule has 0 fully saturated rings. The van der Waals surface area contributed by atoms with Gasteiger partial charge in [-0.2, -0.15) is 0 Å². The number of nitro groups is 1. The van der Waals surface area contributed by atoms with Crippen LogP contribution in [0.3, 0.4) is 0 Å². The van der Waals surface area contributed by atoms with Crippen molar-refractivity contribution in [3.8, 4) is 5.88 Å². The van der Waals surface area contributed by atoms with E-state index in [2.05, 4.69) is 24.1 Å². The third kappa shape index (κ3) is 3.56. The molecule has 0 aromatic carbocycles. The minimum atomic E-state index is -1.26. The van der Waals surface area contributed by atoms with Crippen molar-refractivity contribution in [2.45, 2.75) is 19.8 Å². The van der Waals surface area contributed by atoms with Gasteiger partial charge in [-0.05, 0) is 24.7 Å². The van der Waals surface area contributed by atoms with Gasteiger partial charge in [0.15, 0.2) is 0 Å². The second-order valence-electron chi connectivity index (χ2n) is 5.10. The topological polar surface area (TPSA) is 103 Å². The van der Waals surface area contributed by atoms with Crippen molar-refractivity contribution in [2.75, 3.05) is 6.61 Å². The van der Waals surface area contributed by atoms with Crippen LogP contribution in [0.5, 0.6) is 5.88 Å². The zero-order valence-corrected chi connectivity index (χ0v) is 11.6. The van der Waals surface area contributed by atoms with E-state index in [1.54, 1.807) is 0 Å². The Hall–Kier alpha value is -2.44. The van der Waals surface area contributed by atoms with E-state index in [4.69, 9.17) is 9.84 Å². The van der Waals surface area contributed by atoms with Crippen LogP contribution < -0.4 is 4.74 Å². The van der Waals surface area contributed by atoms with E-state index in [9.17, 15) is 14.9 Å². The zero-order valence-electron chi connectivity index (χ0n) is 11.6. The Balaban J connectivity index is 2.14. The zero-order chi connectivity index (χ0) is 15.4. The van der Waals surface area contributed by atoms with Crippen LogP contribution in [0.1, 0.15) is 30.1 Å². The number of carboxylic acids is 1. The van der Waals surface area contributed by atoms with Crippen LogP contribution in [0.15, 0.2) is 24.4 Å². The molecular formula is C14H16N2O5. The molecule has 112 valence electrons. The summed E-state index contributed by atoms with van der Waals surface area (Å²) >= 11 is 0. The maximum atomic E-state index is 11.0. The Bertz CT molecular complexity index is 585. The van der Waals surface area contributed by atoms with E-state index in [0.29, 0.717) is 12.5 Å². The van der Waals surface area contributed by atoms with Crippen molar-refractivity contribution < 1.29 is 19.6 Å². The number of aromatic carboxylic acids is 1. The lowest BCUT2D eigenvalue weighted by Crippen LogP contribution is -2.21. The highest BCUT2D eigenvalue weighted by atomic mass is 16.6. The van der Waals surface area contributed by atoms with E-state index >= 15 is 0 Å². The van der Waals surface area contributed by atoms with E-state index in [-0.39, 0.29) is 17.4 Å². The summed E-state index contributed by atoms with van der Waals surface area (Å²) in [5, 5.41) is 19.8. The Morgan fingerprint density at radius 1 is 1.52 bits per heavy atom. The molecule has 0 bridgehead atoms. The van der Waals surface area contributed by atoms with Crippen LogP contribution in [0.2, 0.25) is 0 Å². The second-order valence-corrected chi connectivity index (χ2v) is 5.10. The van der Waals surface area contributed by atoms with Gasteiger partial charge in [0.05, 0.1) is 17.1 Å². The molecule has 0 saturated heterocycles. The van der Waals surface area contributed by atoms with Gasteiger partial charge in [-0.15, -0.1) is 0 Å². The van der Waals surface area contributed by atoms with Crippen LogP contribution in [0.4, 0.5) is 5.69 Å². The fraction of sp³-hybridized carbons (Fsp3) is 0.429. The molecule has 0 radical (unpaired) electrons. The molecule has 0 amide bonds. The SMILES string of the molecule is CC1CC=CCC1COc1ncc(C(=O)O)cc1[N+](=O)[O-]. The molecule has 0 aliphatic heterocycles. The summed E-state index contributed by atoms with van der Waals surface area (Å²) in [5.41, 5.74) is -0.656. The molecule has 0 saturated carbocycles. The molecule has 2 rings (SSSR count). The number of allylic oxidation sites excluding steroid dienone is 2. The molecule has 1 aliphatic rings. The predicted octanol–water partition coefficient (Wildman–Crippen LogP) is 2.67. The van der Waals surface area contributed by atoms with Crippen molar-refractivity contribution in [1.82, 2.24) is 4.98 Å². The Labute approximate surface area is 121 Å². The summed E-state index contributed by atoms with van der Waals surface area (Å²) < 4.78 is 5.46. The average Bonchev–Trinajstić information content (AvgIpc) is 2.46. The van der Waals surface area contributed by atoms with Gasteiger partial charge in [-0.1, -0.05) is 19.1 Å². The molecule has 2 atom stereocenters. The van der Waals surface area contributed by atoms with Gasteiger partial charge in [0.2, 0.25) is 0 Å². The summed E-state index contributed by atoms with van der Waals surface area (Å²) in [7, 11) is 0. The van der Waals surface area contributed by atoms with Crippen LogP contribution in [0, 0.1) is 22.0 Å². The normalized spacial score (nSPS) is 21.0. The van der Waals surface area contributed by atoms with Crippen LogP contribution in [-0.4, -0.2) is 27.6 Å². The summed E-state index contributed by atoms with van der Waals surface area (Å²) in [5.74, 6) is -0.683. The Morgan fingerprint density at radius 3 is 2.86 bits per heavy atom. The number of carbonyl (C=O) groups is 1. The standard InChI is InChI=1S/C14H16N2O5/c1-9-4-2-3-5-10(9)8-21-13-12(16(19)20)6-11(7-15-13)14(17)18/h2-3,6-7,9-10H,4-5,8H2,1H3,(H,17,18). The third-order valence-corrected chi connectivity index (χ3v) is 3.63. The van der Waals surface area contributed by atoms with Gasteiger partial charge in [0.25, 0.3) is 5.88 Å². The van der Waals surface area contributed by atoms with Gasteiger partial charge in [0.1, 0.15) is 0 Å². The Morgan fingerprint density at radius 2 is 2.24 bits per heavy atom. The molecular weight excluding hydrogens is 276 g/mol. The maximum Gasteiger partial charge on any atom is 0.337 e. The first-order valence-corrected chi connectivity index (χ1v) is 6.64. The van der Waals surface area contributed by atoms with Crippen LogP contribution in [-0.2, 0) is 0 Å². The highest BCUT2D eigenvalue weighted by Crippen LogP contribution is 2.29. The van der Waals surface area contributed by atoms with Crippen molar-refractivity contribution >= 4 is 11.7 Å². The summed E-state index contributed by atoms with van der Waals surface area (Å²) in [6.07, 6.45) is 7.07. The molecule has 21 heavy (non-hydrogen) atoms. The lowest BCUT2D eigenvalue weighted by molar-refractivity contribution is -0.386. The number of ether oxygens (including phenoxy) is 1. The monoisotopic (exact) mass is 292 g/mol. The molecule has 1 aliphatic carbocycles. The fourth-order valence-corrected chi connectivity index (χ4v) is 2.22. The fourth-order valence-electron chi connectivity index (χ4n) is 2.22. The number of hydrogen-bond acceptors (Lipinski definition) is 5. The largest absolute Gasteiger partial charge is 0.478 e. The number of nitrogens with zero attached hydrogens (tertiary/aromatic N) is 2. The molecule has 1 aromatic heterocycles. The van der Waals surface area contributed by atoms with Gasteiger partial charge in [-0.25, -0.2) is 9.78 Å². The molecule has 1 N–H and O–H groups in total. The lowest BCUT2D eigenvalue weighted by Gasteiger charge is -2.24. The Kier molecular flexibility index (Phi) is 4.52. The van der Waals surface area contributed by atoms with Crippen molar-refractivity contribution in [2.24, 2.45) is 11.8 Å². The smallest absolute Gasteiger partial charge is 0.337 e. The highest BCUT2D eigenvalue weighted by Gasteiger charge is 2.23. The summed E-state index contributed by atoms with van der Waals surface area (Å²) in [6, 6.07) is 0.967. The number of hydrogen-bond donors (Lipinski definition) is 1. The third-order valence-electron chi connectivity index (χ3n) is 3.63. The van der Waals surface area contributed by atoms with Gasteiger partial charge < -0.3 is 9.84 Å². The first kappa shape index (κ1) is 15.0. The number of aromatic nitrogens is 1. The number of pyridine rings is 1.